The molecular weight excluding hydrogens is 330 g/mol. The first kappa shape index (κ1) is 18.9. The summed E-state index contributed by atoms with van der Waals surface area (Å²) in [5, 5.41) is 9.62. The van der Waals surface area contributed by atoms with Crippen LogP contribution in [0.15, 0.2) is 36.7 Å². The van der Waals surface area contributed by atoms with E-state index in [-0.39, 0.29) is 24.1 Å². The quantitative estimate of drug-likeness (QED) is 0.842. The minimum absolute atomic E-state index is 0. The molecule has 0 saturated carbocycles. The molecule has 0 saturated heterocycles. The van der Waals surface area contributed by atoms with E-state index in [1.165, 1.54) is 24.3 Å². The number of anilines is 1. The Morgan fingerprint density at radius 1 is 1.30 bits per heavy atom. The van der Waals surface area contributed by atoms with Gasteiger partial charge in [-0.3, -0.25) is 9.48 Å². The summed E-state index contributed by atoms with van der Waals surface area (Å²) in [5.41, 5.74) is 1.20. The molecule has 1 aromatic carbocycles. The summed E-state index contributed by atoms with van der Waals surface area (Å²) in [6, 6.07) is 5.14. The van der Waals surface area contributed by atoms with Gasteiger partial charge in [0.2, 0.25) is 5.91 Å². The maximum Gasteiger partial charge on any atom is 0.387 e. The van der Waals surface area contributed by atoms with E-state index in [1.807, 2.05) is 0 Å². The van der Waals surface area contributed by atoms with Crippen LogP contribution in [-0.2, 0) is 11.8 Å². The molecule has 1 unspecified atom stereocenters. The third kappa shape index (κ3) is 5.19. The van der Waals surface area contributed by atoms with Crippen molar-refractivity contribution in [3.8, 4) is 5.75 Å². The number of nitrogens with zero attached hydrogens (tertiary/aromatic N) is 2. The predicted octanol–water partition coefficient (Wildman–Crippen LogP) is 2.34. The zero-order valence-electron chi connectivity index (χ0n) is 12.5. The van der Waals surface area contributed by atoms with Gasteiger partial charge in [-0.05, 0) is 31.3 Å². The van der Waals surface area contributed by atoms with E-state index in [9.17, 15) is 13.6 Å². The van der Waals surface area contributed by atoms with E-state index in [0.717, 1.165) is 5.56 Å². The van der Waals surface area contributed by atoms with E-state index < -0.39 is 12.7 Å². The predicted molar refractivity (Wildman–Crippen MR) is 84.0 cm³/mol. The molecule has 0 aliphatic heterocycles. The fourth-order valence-electron chi connectivity index (χ4n) is 1.97. The first-order valence-electron chi connectivity index (χ1n) is 6.51. The minimum atomic E-state index is -2.88. The van der Waals surface area contributed by atoms with Crippen LogP contribution in [0, 0.1) is 0 Å². The van der Waals surface area contributed by atoms with Crippen LogP contribution in [-0.4, -0.2) is 29.3 Å². The van der Waals surface area contributed by atoms with Crippen LogP contribution in [0.4, 0.5) is 14.5 Å². The summed E-state index contributed by atoms with van der Waals surface area (Å²) in [6.45, 7) is -2.88. The molecule has 9 heteroatoms. The van der Waals surface area contributed by atoms with Crippen molar-refractivity contribution in [2.24, 2.45) is 7.05 Å². The molecule has 1 atom stereocenters. The third-order valence-electron chi connectivity index (χ3n) is 2.96. The summed E-state index contributed by atoms with van der Waals surface area (Å²) in [7, 11) is 3.42. The molecule has 6 nitrogen and oxygen atoms in total. The Balaban J connectivity index is 0.00000264. The largest absolute Gasteiger partial charge is 0.435 e. The van der Waals surface area contributed by atoms with Crippen LogP contribution in [0.2, 0.25) is 0 Å². The lowest BCUT2D eigenvalue weighted by Gasteiger charge is -2.14. The number of amides is 1. The number of rotatable bonds is 6. The first-order valence-corrected chi connectivity index (χ1v) is 6.51. The maximum atomic E-state index is 12.3. The van der Waals surface area contributed by atoms with Gasteiger partial charge in [0, 0.05) is 24.5 Å². The highest BCUT2D eigenvalue weighted by Gasteiger charge is 2.20. The van der Waals surface area contributed by atoms with Gasteiger partial charge in [0.25, 0.3) is 0 Å². The highest BCUT2D eigenvalue weighted by Crippen LogP contribution is 2.19. The van der Waals surface area contributed by atoms with Crippen molar-refractivity contribution in [3.63, 3.8) is 0 Å². The van der Waals surface area contributed by atoms with Crippen molar-refractivity contribution in [1.82, 2.24) is 15.1 Å². The number of alkyl halides is 2. The molecule has 2 rings (SSSR count). The summed E-state index contributed by atoms with van der Waals surface area (Å²) < 4.78 is 30.0. The molecule has 1 amide bonds. The van der Waals surface area contributed by atoms with E-state index >= 15 is 0 Å². The van der Waals surface area contributed by atoms with Crippen LogP contribution in [0.3, 0.4) is 0 Å². The third-order valence-corrected chi connectivity index (χ3v) is 2.96. The van der Waals surface area contributed by atoms with E-state index in [2.05, 4.69) is 20.5 Å². The van der Waals surface area contributed by atoms with Gasteiger partial charge in [-0.15, -0.1) is 12.4 Å². The number of aromatic nitrogens is 2. The van der Waals surface area contributed by atoms with E-state index in [1.54, 1.807) is 31.2 Å². The number of aryl methyl sites for hydroxylation is 1. The Kier molecular flexibility index (Phi) is 6.92. The second-order valence-electron chi connectivity index (χ2n) is 4.56. The Labute approximate surface area is 138 Å². The number of likely N-dealkylation sites (N-methyl/N-ethyl adjacent to an activating group) is 1. The molecule has 0 spiro atoms. The van der Waals surface area contributed by atoms with Gasteiger partial charge in [-0.2, -0.15) is 13.9 Å². The summed E-state index contributed by atoms with van der Waals surface area (Å²) in [5.74, 6) is -0.247. The summed E-state index contributed by atoms with van der Waals surface area (Å²) >= 11 is 0. The van der Waals surface area contributed by atoms with Crippen molar-refractivity contribution in [2.75, 3.05) is 12.4 Å². The monoisotopic (exact) mass is 346 g/mol. The van der Waals surface area contributed by atoms with Gasteiger partial charge in [-0.1, -0.05) is 0 Å². The number of halogens is 3. The fourth-order valence-corrected chi connectivity index (χ4v) is 1.97. The maximum absolute atomic E-state index is 12.3. The highest BCUT2D eigenvalue weighted by molar-refractivity contribution is 5.95. The van der Waals surface area contributed by atoms with Crippen molar-refractivity contribution in [2.45, 2.75) is 12.7 Å². The highest BCUT2D eigenvalue weighted by atomic mass is 35.5. The summed E-state index contributed by atoms with van der Waals surface area (Å²) in [6.07, 6.45) is 3.33. The molecule has 2 N–H and O–H groups in total. The van der Waals surface area contributed by atoms with E-state index in [4.69, 9.17) is 0 Å². The lowest BCUT2D eigenvalue weighted by molar-refractivity contribution is -0.118. The van der Waals surface area contributed by atoms with E-state index in [0.29, 0.717) is 5.69 Å². The van der Waals surface area contributed by atoms with Gasteiger partial charge in [0.15, 0.2) is 0 Å². The fraction of sp³-hybridized carbons (Fsp3) is 0.286. The second-order valence-corrected chi connectivity index (χ2v) is 4.56. The van der Waals surface area contributed by atoms with Crippen LogP contribution >= 0.6 is 12.4 Å². The normalized spacial score (nSPS) is 11.7. The average Bonchev–Trinajstić information content (AvgIpc) is 2.87. The zero-order chi connectivity index (χ0) is 16.1. The van der Waals surface area contributed by atoms with Crippen molar-refractivity contribution in [3.05, 3.63) is 42.2 Å². The molecule has 0 radical (unpaired) electrons. The van der Waals surface area contributed by atoms with Gasteiger partial charge in [0.1, 0.15) is 11.8 Å². The second kappa shape index (κ2) is 8.44. The first-order chi connectivity index (χ1) is 10.5. The lowest BCUT2D eigenvalue weighted by atomic mass is 10.1. The Morgan fingerprint density at radius 3 is 2.43 bits per heavy atom. The number of carbonyl (C=O) groups is 1. The molecular formula is C14H17ClF2N4O2. The number of nitrogens with one attached hydrogen (secondary N) is 2. The molecule has 23 heavy (non-hydrogen) atoms. The Bertz CT molecular complexity index is 634. The number of carbonyl (C=O) groups excluding carboxylic acids is 1. The van der Waals surface area contributed by atoms with Gasteiger partial charge in [-0.25, -0.2) is 0 Å². The molecule has 0 aliphatic carbocycles. The van der Waals surface area contributed by atoms with Gasteiger partial charge in [0.05, 0.1) is 6.20 Å². The number of hydrogen-bond acceptors (Lipinski definition) is 4. The van der Waals surface area contributed by atoms with Crippen LogP contribution in [0.1, 0.15) is 11.6 Å². The van der Waals surface area contributed by atoms with Crippen LogP contribution in [0.25, 0.3) is 0 Å². The number of ether oxygens (including phenoxy) is 1. The average molecular weight is 347 g/mol. The van der Waals surface area contributed by atoms with Gasteiger partial charge < -0.3 is 15.4 Å². The molecule has 0 aliphatic rings. The van der Waals surface area contributed by atoms with Crippen molar-refractivity contribution >= 4 is 24.0 Å². The smallest absolute Gasteiger partial charge is 0.387 e. The topological polar surface area (TPSA) is 68.2 Å². The Morgan fingerprint density at radius 2 is 1.96 bits per heavy atom. The summed E-state index contributed by atoms with van der Waals surface area (Å²) in [4.78, 5) is 12.3. The van der Waals surface area contributed by atoms with Crippen LogP contribution in [0.5, 0.6) is 5.75 Å². The molecule has 126 valence electrons. The number of benzene rings is 1. The molecule has 0 bridgehead atoms. The molecule has 2 aromatic rings. The molecule has 1 aromatic heterocycles. The molecule has 1 heterocycles. The van der Waals surface area contributed by atoms with Gasteiger partial charge >= 0.3 is 6.61 Å². The van der Waals surface area contributed by atoms with Crippen molar-refractivity contribution in [1.29, 1.82) is 0 Å². The minimum Gasteiger partial charge on any atom is -0.435 e. The van der Waals surface area contributed by atoms with Crippen LogP contribution < -0.4 is 15.4 Å². The standard InChI is InChI=1S/C14H16F2N4O2.ClH/c1-17-12(9-7-18-20(2)8-9)13(21)19-10-3-5-11(6-4-10)22-14(15)16;/h3-8,12,14,17H,1-2H3,(H,19,21);1H. The Hall–Kier alpha value is -2.19. The molecule has 0 fully saturated rings. The zero-order valence-corrected chi connectivity index (χ0v) is 13.3. The SMILES string of the molecule is CNC(C(=O)Nc1ccc(OC(F)F)cc1)c1cnn(C)c1.Cl. The lowest BCUT2D eigenvalue weighted by Crippen LogP contribution is -2.30. The van der Waals surface area contributed by atoms with Crippen molar-refractivity contribution < 1.29 is 18.3 Å². The number of hydrogen-bond donors (Lipinski definition) is 2.